The number of nitrogens with one attached hydrogen (secondary N) is 1. The Morgan fingerprint density at radius 1 is 1.53 bits per heavy atom. The number of amides is 1. The minimum absolute atomic E-state index is 0.351. The number of hydrogen-bond donors (Lipinski definition) is 1. The van der Waals surface area contributed by atoms with E-state index in [4.69, 9.17) is 0 Å². The first-order valence-corrected chi connectivity index (χ1v) is 6.25. The highest BCUT2D eigenvalue weighted by Gasteiger charge is 2.19. The van der Waals surface area contributed by atoms with E-state index in [0.29, 0.717) is 11.9 Å². The fourth-order valence-electron chi connectivity index (χ4n) is 2.02. The molecule has 0 spiro atoms. The molecule has 0 saturated carbocycles. The molecule has 1 aliphatic heterocycles. The molecule has 0 aliphatic carbocycles. The summed E-state index contributed by atoms with van der Waals surface area (Å²) >= 11 is 0. The number of nitrogens with zero attached hydrogens (tertiary/aromatic N) is 1. The predicted octanol–water partition coefficient (Wildman–Crippen LogP) is 1.78. The third-order valence-corrected chi connectivity index (χ3v) is 2.98. The van der Waals surface area contributed by atoms with Gasteiger partial charge in [0.1, 0.15) is 0 Å². The first kappa shape index (κ1) is 12.5. The lowest BCUT2D eigenvalue weighted by Crippen LogP contribution is -2.30. The van der Waals surface area contributed by atoms with Gasteiger partial charge in [0.15, 0.2) is 0 Å². The van der Waals surface area contributed by atoms with Gasteiger partial charge in [0.2, 0.25) is 5.91 Å². The molecule has 0 radical (unpaired) electrons. The van der Waals surface area contributed by atoms with Crippen molar-refractivity contribution in [3.05, 3.63) is 0 Å². The predicted molar refractivity (Wildman–Crippen MR) is 62.8 cm³/mol. The maximum atomic E-state index is 11.3. The van der Waals surface area contributed by atoms with Crippen molar-refractivity contribution in [3.8, 4) is 0 Å². The molecule has 1 saturated heterocycles. The average molecular weight is 212 g/mol. The van der Waals surface area contributed by atoms with Crippen molar-refractivity contribution in [1.29, 1.82) is 0 Å². The Morgan fingerprint density at radius 3 is 2.93 bits per heavy atom. The topological polar surface area (TPSA) is 32.3 Å². The first-order valence-electron chi connectivity index (χ1n) is 6.25. The van der Waals surface area contributed by atoms with Crippen LogP contribution in [0.25, 0.3) is 0 Å². The second-order valence-electron chi connectivity index (χ2n) is 4.48. The summed E-state index contributed by atoms with van der Waals surface area (Å²) < 4.78 is 0. The van der Waals surface area contributed by atoms with E-state index in [0.717, 1.165) is 38.9 Å². The third-order valence-electron chi connectivity index (χ3n) is 2.98. The highest BCUT2D eigenvalue weighted by molar-refractivity contribution is 5.77. The van der Waals surface area contributed by atoms with E-state index >= 15 is 0 Å². The molecule has 1 aliphatic rings. The average Bonchev–Trinajstić information content (AvgIpc) is 2.61. The molecule has 1 atom stereocenters. The van der Waals surface area contributed by atoms with Crippen molar-refractivity contribution in [3.63, 3.8) is 0 Å². The quantitative estimate of drug-likeness (QED) is 0.697. The summed E-state index contributed by atoms with van der Waals surface area (Å²) in [4.78, 5) is 13.3. The molecule has 1 rings (SSSR count). The Labute approximate surface area is 93.2 Å². The fourth-order valence-corrected chi connectivity index (χ4v) is 2.02. The normalized spacial score (nSPS) is 18.5. The Hall–Kier alpha value is -0.570. The van der Waals surface area contributed by atoms with Crippen molar-refractivity contribution in [2.75, 3.05) is 19.6 Å². The van der Waals surface area contributed by atoms with E-state index in [2.05, 4.69) is 19.2 Å². The van der Waals surface area contributed by atoms with Crippen LogP contribution in [-0.2, 0) is 4.79 Å². The van der Waals surface area contributed by atoms with E-state index in [1.807, 2.05) is 4.90 Å². The largest absolute Gasteiger partial charge is 0.343 e. The van der Waals surface area contributed by atoms with Crippen molar-refractivity contribution < 1.29 is 4.79 Å². The Bertz CT molecular complexity index is 194. The van der Waals surface area contributed by atoms with Gasteiger partial charge in [0, 0.05) is 25.6 Å². The van der Waals surface area contributed by atoms with Gasteiger partial charge in [0.25, 0.3) is 0 Å². The van der Waals surface area contributed by atoms with E-state index in [1.54, 1.807) is 0 Å². The van der Waals surface area contributed by atoms with Crippen LogP contribution in [0.15, 0.2) is 0 Å². The monoisotopic (exact) mass is 212 g/mol. The molecule has 0 bridgehead atoms. The van der Waals surface area contributed by atoms with Crippen LogP contribution in [0.5, 0.6) is 0 Å². The highest BCUT2D eigenvalue weighted by atomic mass is 16.2. The van der Waals surface area contributed by atoms with Crippen LogP contribution >= 0.6 is 0 Å². The van der Waals surface area contributed by atoms with Gasteiger partial charge in [-0.2, -0.15) is 0 Å². The summed E-state index contributed by atoms with van der Waals surface area (Å²) in [6.07, 6.45) is 5.31. The molecule has 1 fully saturated rings. The second kappa shape index (κ2) is 6.83. The second-order valence-corrected chi connectivity index (χ2v) is 4.48. The maximum absolute atomic E-state index is 11.3. The van der Waals surface area contributed by atoms with Gasteiger partial charge in [-0.05, 0) is 39.2 Å². The summed E-state index contributed by atoms with van der Waals surface area (Å²) in [5.41, 5.74) is 0. The molecule has 15 heavy (non-hydrogen) atoms. The van der Waals surface area contributed by atoms with Crippen molar-refractivity contribution in [2.24, 2.45) is 0 Å². The van der Waals surface area contributed by atoms with Crippen LogP contribution in [0.2, 0.25) is 0 Å². The summed E-state index contributed by atoms with van der Waals surface area (Å²) in [6.45, 7) is 7.44. The van der Waals surface area contributed by atoms with Crippen LogP contribution in [-0.4, -0.2) is 36.5 Å². The Kier molecular flexibility index (Phi) is 5.69. The summed E-state index contributed by atoms with van der Waals surface area (Å²) in [5, 5.41) is 3.47. The molecular formula is C12H24N2O. The standard InChI is InChI=1S/C12H24N2O/c1-3-8-13-11(2)6-4-9-14-10-5-7-12(14)15/h11,13H,3-10H2,1-2H3. The Morgan fingerprint density at radius 2 is 2.33 bits per heavy atom. The third kappa shape index (κ3) is 4.65. The fraction of sp³-hybridized carbons (Fsp3) is 0.917. The van der Waals surface area contributed by atoms with E-state index in [-0.39, 0.29) is 0 Å². The van der Waals surface area contributed by atoms with Crippen LogP contribution in [0.1, 0.15) is 46.0 Å². The number of carbonyl (C=O) groups is 1. The van der Waals surface area contributed by atoms with Crippen molar-refractivity contribution in [1.82, 2.24) is 10.2 Å². The van der Waals surface area contributed by atoms with Crippen LogP contribution in [0.4, 0.5) is 0 Å². The molecule has 3 heteroatoms. The first-order chi connectivity index (χ1) is 7.24. The van der Waals surface area contributed by atoms with E-state index in [9.17, 15) is 4.79 Å². The van der Waals surface area contributed by atoms with Crippen LogP contribution in [0, 0.1) is 0 Å². The smallest absolute Gasteiger partial charge is 0.222 e. The number of carbonyl (C=O) groups excluding carboxylic acids is 1. The lowest BCUT2D eigenvalue weighted by atomic mass is 10.1. The molecule has 1 unspecified atom stereocenters. The Balaban J connectivity index is 2.02. The highest BCUT2D eigenvalue weighted by Crippen LogP contribution is 2.10. The molecule has 3 nitrogen and oxygen atoms in total. The van der Waals surface area contributed by atoms with Crippen LogP contribution < -0.4 is 5.32 Å². The lowest BCUT2D eigenvalue weighted by molar-refractivity contribution is -0.127. The zero-order valence-electron chi connectivity index (χ0n) is 10.1. The summed E-state index contributed by atoms with van der Waals surface area (Å²) in [6, 6.07) is 0.586. The van der Waals surface area contributed by atoms with Gasteiger partial charge in [0.05, 0.1) is 0 Å². The van der Waals surface area contributed by atoms with Gasteiger partial charge < -0.3 is 10.2 Å². The maximum Gasteiger partial charge on any atom is 0.222 e. The minimum Gasteiger partial charge on any atom is -0.343 e. The molecule has 1 N–H and O–H groups in total. The number of likely N-dealkylation sites (tertiary alicyclic amines) is 1. The van der Waals surface area contributed by atoms with Gasteiger partial charge in [-0.1, -0.05) is 6.92 Å². The SMILES string of the molecule is CCCNC(C)CCCN1CCCC1=O. The molecule has 0 aromatic carbocycles. The van der Waals surface area contributed by atoms with Gasteiger partial charge in [-0.3, -0.25) is 4.79 Å². The number of hydrogen-bond acceptors (Lipinski definition) is 2. The van der Waals surface area contributed by atoms with Gasteiger partial charge in [-0.15, -0.1) is 0 Å². The molecule has 0 aromatic heterocycles. The van der Waals surface area contributed by atoms with E-state index in [1.165, 1.54) is 12.8 Å². The van der Waals surface area contributed by atoms with Gasteiger partial charge in [-0.25, -0.2) is 0 Å². The molecular weight excluding hydrogens is 188 g/mol. The summed E-state index contributed by atoms with van der Waals surface area (Å²) in [5.74, 6) is 0.351. The molecule has 88 valence electrons. The van der Waals surface area contributed by atoms with Crippen molar-refractivity contribution >= 4 is 5.91 Å². The van der Waals surface area contributed by atoms with Gasteiger partial charge >= 0.3 is 0 Å². The van der Waals surface area contributed by atoms with E-state index < -0.39 is 0 Å². The van der Waals surface area contributed by atoms with Crippen LogP contribution in [0.3, 0.4) is 0 Å². The van der Waals surface area contributed by atoms with Crippen molar-refractivity contribution in [2.45, 2.75) is 52.0 Å². The molecule has 0 aromatic rings. The molecule has 1 heterocycles. The zero-order chi connectivity index (χ0) is 11.1. The lowest BCUT2D eigenvalue weighted by Gasteiger charge is -2.17. The minimum atomic E-state index is 0.351. The number of rotatable bonds is 7. The molecule has 1 amide bonds. The summed E-state index contributed by atoms with van der Waals surface area (Å²) in [7, 11) is 0. The zero-order valence-corrected chi connectivity index (χ0v) is 10.1.